The molecule has 1 heterocycles. The van der Waals surface area contributed by atoms with Crippen LogP contribution in [0.1, 0.15) is 17.9 Å². The van der Waals surface area contributed by atoms with Gasteiger partial charge in [0.25, 0.3) is 0 Å². The lowest BCUT2D eigenvalue weighted by atomic mass is 9.97. The maximum atomic E-state index is 12.3. The van der Waals surface area contributed by atoms with Gasteiger partial charge in [0.1, 0.15) is 0 Å². The van der Waals surface area contributed by atoms with Gasteiger partial charge in [0.15, 0.2) is 11.5 Å². The highest BCUT2D eigenvalue weighted by Gasteiger charge is 2.30. The quantitative estimate of drug-likeness (QED) is 0.880. The summed E-state index contributed by atoms with van der Waals surface area (Å²) in [5.74, 6) is 1.54. The summed E-state index contributed by atoms with van der Waals surface area (Å²) in [5.41, 5.74) is 1.05. The van der Waals surface area contributed by atoms with Gasteiger partial charge in [-0.25, -0.2) is 4.79 Å². The Morgan fingerprint density at radius 1 is 1.29 bits per heavy atom. The predicted octanol–water partition coefficient (Wildman–Crippen LogP) is 1.29. The van der Waals surface area contributed by atoms with Crippen LogP contribution in [0.2, 0.25) is 0 Å². The monoisotopic (exact) mass is 335 g/mol. The lowest BCUT2D eigenvalue weighted by Gasteiger charge is -2.19. The number of methoxy groups -OCH3 is 2. The van der Waals surface area contributed by atoms with Gasteiger partial charge in [-0.2, -0.15) is 0 Å². The van der Waals surface area contributed by atoms with Crippen molar-refractivity contribution in [3.8, 4) is 11.5 Å². The molecule has 1 saturated heterocycles. The molecule has 1 fully saturated rings. The summed E-state index contributed by atoms with van der Waals surface area (Å²) in [6.45, 7) is 1.29. The van der Waals surface area contributed by atoms with Crippen LogP contribution in [-0.2, 0) is 4.79 Å². The minimum atomic E-state index is -0.270. The first-order valence-corrected chi connectivity index (χ1v) is 7.91. The van der Waals surface area contributed by atoms with Crippen molar-refractivity contribution in [3.05, 3.63) is 23.8 Å². The van der Waals surface area contributed by atoms with Crippen molar-refractivity contribution < 1.29 is 19.1 Å². The van der Waals surface area contributed by atoms with Crippen molar-refractivity contribution in [2.45, 2.75) is 12.3 Å². The number of carbonyl (C=O) groups is 2. The standard InChI is InChI=1S/C17H25N3O4/c1-19(2)17(22)18-10-15(21)20-9-8-12(11-20)13-6-5-7-14(23-3)16(13)24-4/h5-7,12H,8-11H2,1-4H3,(H,18,22)/t12-/m1/s1. The molecule has 1 aliphatic rings. The molecule has 0 saturated carbocycles. The molecule has 132 valence electrons. The molecule has 0 bridgehead atoms. The van der Waals surface area contributed by atoms with Crippen LogP contribution < -0.4 is 14.8 Å². The Bertz CT molecular complexity index is 603. The fourth-order valence-corrected chi connectivity index (χ4v) is 2.90. The minimum Gasteiger partial charge on any atom is -0.493 e. The highest BCUT2D eigenvalue weighted by molar-refractivity contribution is 5.84. The largest absolute Gasteiger partial charge is 0.493 e. The Balaban J connectivity index is 2.00. The van der Waals surface area contributed by atoms with Crippen LogP contribution in [0.25, 0.3) is 0 Å². The van der Waals surface area contributed by atoms with Crippen LogP contribution in [0, 0.1) is 0 Å². The zero-order chi connectivity index (χ0) is 17.7. The number of hydrogen-bond donors (Lipinski definition) is 1. The molecule has 0 aromatic heterocycles. The molecule has 1 aromatic carbocycles. The van der Waals surface area contributed by atoms with Gasteiger partial charge >= 0.3 is 6.03 Å². The molecule has 2 rings (SSSR count). The van der Waals surface area contributed by atoms with Crippen LogP contribution in [0.15, 0.2) is 18.2 Å². The Kier molecular flexibility index (Phi) is 5.89. The molecule has 0 radical (unpaired) electrons. The van der Waals surface area contributed by atoms with Crippen LogP contribution in [0.5, 0.6) is 11.5 Å². The zero-order valence-corrected chi connectivity index (χ0v) is 14.7. The van der Waals surface area contributed by atoms with Gasteiger partial charge in [-0.15, -0.1) is 0 Å². The number of hydrogen-bond acceptors (Lipinski definition) is 4. The minimum absolute atomic E-state index is 0.0129. The molecule has 7 nitrogen and oxygen atoms in total. The maximum Gasteiger partial charge on any atom is 0.317 e. The van der Waals surface area contributed by atoms with E-state index in [1.54, 1.807) is 33.2 Å². The molecular weight excluding hydrogens is 310 g/mol. The van der Waals surface area contributed by atoms with E-state index < -0.39 is 0 Å². The van der Waals surface area contributed by atoms with Crippen molar-refractivity contribution in [3.63, 3.8) is 0 Å². The molecule has 1 aliphatic heterocycles. The summed E-state index contributed by atoms with van der Waals surface area (Å²) in [6, 6.07) is 5.53. The van der Waals surface area contributed by atoms with E-state index in [0.29, 0.717) is 18.8 Å². The Hall–Kier alpha value is -2.44. The summed E-state index contributed by atoms with van der Waals surface area (Å²) in [6.07, 6.45) is 0.858. The van der Waals surface area contributed by atoms with Crippen molar-refractivity contribution in [1.29, 1.82) is 0 Å². The van der Waals surface area contributed by atoms with Crippen molar-refractivity contribution >= 4 is 11.9 Å². The number of nitrogens with zero attached hydrogens (tertiary/aromatic N) is 2. The first kappa shape index (κ1) is 17.9. The van der Waals surface area contributed by atoms with Crippen molar-refractivity contribution in [1.82, 2.24) is 15.1 Å². The smallest absolute Gasteiger partial charge is 0.317 e. The molecule has 0 unspecified atom stereocenters. The second-order valence-electron chi connectivity index (χ2n) is 5.96. The molecular formula is C17H25N3O4. The number of ether oxygens (including phenoxy) is 2. The molecule has 1 atom stereocenters. The molecule has 0 spiro atoms. The molecule has 0 aliphatic carbocycles. The average Bonchev–Trinajstić information content (AvgIpc) is 3.08. The summed E-state index contributed by atoms with van der Waals surface area (Å²) in [5, 5.41) is 2.61. The Morgan fingerprint density at radius 2 is 2.04 bits per heavy atom. The van der Waals surface area contributed by atoms with Crippen LogP contribution in [0.3, 0.4) is 0 Å². The molecule has 1 N–H and O–H groups in total. The molecule has 24 heavy (non-hydrogen) atoms. The van der Waals surface area contributed by atoms with E-state index in [1.165, 1.54) is 4.90 Å². The van der Waals surface area contributed by atoms with Crippen LogP contribution >= 0.6 is 0 Å². The number of nitrogens with one attached hydrogen (secondary N) is 1. The highest BCUT2D eigenvalue weighted by Crippen LogP contribution is 2.39. The summed E-state index contributed by atoms with van der Waals surface area (Å²) in [7, 11) is 6.51. The Morgan fingerprint density at radius 3 is 2.67 bits per heavy atom. The fourth-order valence-electron chi connectivity index (χ4n) is 2.90. The van der Waals surface area contributed by atoms with Gasteiger partial charge in [-0.3, -0.25) is 4.79 Å². The average molecular weight is 335 g/mol. The molecule has 1 aromatic rings. The van der Waals surface area contributed by atoms with Gasteiger partial charge in [0.2, 0.25) is 5.91 Å². The number of likely N-dealkylation sites (tertiary alicyclic amines) is 1. The third-order valence-electron chi connectivity index (χ3n) is 4.21. The van der Waals surface area contributed by atoms with Gasteiger partial charge in [-0.1, -0.05) is 12.1 Å². The van der Waals surface area contributed by atoms with Gasteiger partial charge in [0, 0.05) is 38.7 Å². The van der Waals surface area contributed by atoms with E-state index in [-0.39, 0.29) is 24.4 Å². The second kappa shape index (κ2) is 7.90. The molecule has 3 amide bonds. The normalized spacial score (nSPS) is 16.7. The van der Waals surface area contributed by atoms with Gasteiger partial charge in [-0.05, 0) is 12.5 Å². The van der Waals surface area contributed by atoms with Crippen molar-refractivity contribution in [2.24, 2.45) is 0 Å². The third-order valence-corrected chi connectivity index (χ3v) is 4.21. The maximum absolute atomic E-state index is 12.3. The van der Waals surface area contributed by atoms with E-state index in [2.05, 4.69) is 5.32 Å². The van der Waals surface area contributed by atoms with E-state index in [9.17, 15) is 9.59 Å². The van der Waals surface area contributed by atoms with Crippen LogP contribution in [0.4, 0.5) is 4.79 Å². The summed E-state index contributed by atoms with van der Waals surface area (Å²) >= 11 is 0. The fraction of sp³-hybridized carbons (Fsp3) is 0.529. The number of amides is 3. The number of rotatable bonds is 5. The third kappa shape index (κ3) is 3.90. The van der Waals surface area contributed by atoms with E-state index in [4.69, 9.17) is 9.47 Å². The Labute approximate surface area is 142 Å². The topological polar surface area (TPSA) is 71.1 Å². The first-order chi connectivity index (χ1) is 11.5. The van der Waals surface area contributed by atoms with Gasteiger partial charge < -0.3 is 24.6 Å². The first-order valence-electron chi connectivity index (χ1n) is 7.91. The van der Waals surface area contributed by atoms with E-state index >= 15 is 0 Å². The summed E-state index contributed by atoms with van der Waals surface area (Å²) in [4.78, 5) is 27.0. The number of urea groups is 1. The van der Waals surface area contributed by atoms with E-state index in [1.807, 2.05) is 18.2 Å². The lowest BCUT2D eigenvalue weighted by Crippen LogP contribution is -2.42. The van der Waals surface area contributed by atoms with Gasteiger partial charge in [0.05, 0.1) is 20.8 Å². The second-order valence-corrected chi connectivity index (χ2v) is 5.96. The lowest BCUT2D eigenvalue weighted by molar-refractivity contribution is -0.129. The number of benzene rings is 1. The van der Waals surface area contributed by atoms with E-state index in [0.717, 1.165) is 17.7 Å². The summed E-state index contributed by atoms with van der Waals surface area (Å²) < 4.78 is 10.8. The zero-order valence-electron chi connectivity index (χ0n) is 14.7. The number of carbonyl (C=O) groups excluding carboxylic acids is 2. The highest BCUT2D eigenvalue weighted by atomic mass is 16.5. The van der Waals surface area contributed by atoms with Crippen LogP contribution in [-0.4, -0.2) is 69.7 Å². The number of para-hydroxylation sites is 1. The predicted molar refractivity (Wildman–Crippen MR) is 90.6 cm³/mol. The SMILES string of the molecule is COc1cccc([C@@H]2CCN(C(=O)CNC(=O)N(C)C)C2)c1OC. The molecule has 7 heteroatoms. The van der Waals surface area contributed by atoms with Crippen molar-refractivity contribution in [2.75, 3.05) is 47.9 Å².